The molecule has 1 aromatic heterocycles. The van der Waals surface area contributed by atoms with Crippen LogP contribution in [-0.4, -0.2) is 33.4 Å². The molecule has 9 heteroatoms. The first-order valence-electron chi connectivity index (χ1n) is 9.51. The maximum Gasteiger partial charge on any atom is 0.449 e. The summed E-state index contributed by atoms with van der Waals surface area (Å²) in [5, 5.41) is 0.380. The Morgan fingerprint density at radius 3 is 2.57 bits per heavy atom. The van der Waals surface area contributed by atoms with Crippen molar-refractivity contribution < 1.29 is 18.0 Å². The van der Waals surface area contributed by atoms with E-state index in [1.165, 1.54) is 4.57 Å². The second-order valence-electron chi connectivity index (χ2n) is 7.39. The second kappa shape index (κ2) is 8.23. The van der Waals surface area contributed by atoms with Gasteiger partial charge >= 0.3 is 6.18 Å². The van der Waals surface area contributed by atoms with Gasteiger partial charge in [-0.2, -0.15) is 13.2 Å². The van der Waals surface area contributed by atoms with Crippen molar-refractivity contribution in [2.75, 3.05) is 13.1 Å². The molecular formula is C21H18BrClF3N3O. The highest BCUT2D eigenvalue weighted by Crippen LogP contribution is 2.33. The highest BCUT2D eigenvalue weighted by molar-refractivity contribution is 9.10. The molecule has 1 amide bonds. The van der Waals surface area contributed by atoms with E-state index in [1.54, 1.807) is 47.4 Å². The van der Waals surface area contributed by atoms with E-state index in [4.69, 9.17) is 11.6 Å². The Morgan fingerprint density at radius 1 is 1.17 bits per heavy atom. The molecule has 0 radical (unpaired) electrons. The topological polar surface area (TPSA) is 38.1 Å². The third-order valence-corrected chi connectivity index (χ3v) is 6.23. The lowest BCUT2D eigenvalue weighted by Gasteiger charge is -2.33. The van der Waals surface area contributed by atoms with Crippen molar-refractivity contribution in [2.24, 2.45) is 5.92 Å². The minimum absolute atomic E-state index is 0.0192. The number of para-hydroxylation sites is 2. The van der Waals surface area contributed by atoms with Crippen molar-refractivity contribution in [3.05, 3.63) is 63.3 Å². The van der Waals surface area contributed by atoms with Crippen LogP contribution in [0, 0.1) is 5.92 Å². The zero-order valence-electron chi connectivity index (χ0n) is 15.8. The Bertz CT molecular complexity index is 1090. The Balaban J connectivity index is 1.49. The van der Waals surface area contributed by atoms with Gasteiger partial charge in [0.15, 0.2) is 0 Å². The molecule has 0 aliphatic carbocycles. The van der Waals surface area contributed by atoms with Gasteiger partial charge in [0.2, 0.25) is 5.82 Å². The maximum atomic E-state index is 13.5. The standard InChI is InChI=1S/C21H18BrClF3N3O/c22-14-5-6-16(23)15(11-14)19(30)28-9-7-13(8-10-28)12-29-18-4-2-1-3-17(18)27-20(29)21(24,25)26/h1-6,11,13H,7-10,12H2. The van der Waals surface area contributed by atoms with Crippen LogP contribution in [0.25, 0.3) is 11.0 Å². The van der Waals surface area contributed by atoms with Crippen LogP contribution in [0.4, 0.5) is 13.2 Å². The number of benzene rings is 2. The Kier molecular flexibility index (Phi) is 5.81. The van der Waals surface area contributed by atoms with Gasteiger partial charge in [0.25, 0.3) is 5.91 Å². The summed E-state index contributed by atoms with van der Waals surface area (Å²) in [6, 6.07) is 11.7. The number of alkyl halides is 3. The SMILES string of the molecule is O=C(c1cc(Br)ccc1Cl)N1CCC(Cn2c(C(F)(F)F)nc3ccccc32)CC1. The lowest BCUT2D eigenvalue weighted by Crippen LogP contribution is -2.39. The van der Waals surface area contributed by atoms with E-state index < -0.39 is 12.0 Å². The lowest BCUT2D eigenvalue weighted by molar-refractivity contribution is -0.147. The summed E-state index contributed by atoms with van der Waals surface area (Å²) in [6.45, 7) is 1.16. The van der Waals surface area contributed by atoms with Crippen LogP contribution >= 0.6 is 27.5 Å². The number of hydrogen-bond acceptors (Lipinski definition) is 2. The Morgan fingerprint density at radius 2 is 1.87 bits per heavy atom. The summed E-state index contributed by atoms with van der Waals surface area (Å²) in [7, 11) is 0. The Labute approximate surface area is 184 Å². The van der Waals surface area contributed by atoms with E-state index in [0.717, 1.165) is 4.47 Å². The molecule has 4 rings (SSSR count). The number of carbonyl (C=O) groups excluding carboxylic acids is 1. The molecular weight excluding hydrogens is 483 g/mol. The number of imidazole rings is 1. The monoisotopic (exact) mass is 499 g/mol. The summed E-state index contributed by atoms with van der Waals surface area (Å²) < 4.78 is 42.6. The van der Waals surface area contributed by atoms with E-state index in [1.807, 2.05) is 0 Å². The predicted octanol–water partition coefficient (Wildman–Crippen LogP) is 6.02. The molecule has 158 valence electrons. The molecule has 2 heterocycles. The van der Waals surface area contributed by atoms with Crippen LogP contribution in [0.15, 0.2) is 46.9 Å². The zero-order valence-corrected chi connectivity index (χ0v) is 18.1. The molecule has 1 fully saturated rings. The van der Waals surface area contributed by atoms with Gasteiger partial charge in [0, 0.05) is 24.1 Å². The van der Waals surface area contributed by atoms with Crippen LogP contribution in [0.2, 0.25) is 5.02 Å². The summed E-state index contributed by atoms with van der Waals surface area (Å²) in [5.74, 6) is -1.02. The van der Waals surface area contributed by atoms with Crippen molar-refractivity contribution in [3.63, 3.8) is 0 Å². The van der Waals surface area contributed by atoms with Crippen LogP contribution < -0.4 is 0 Å². The zero-order chi connectivity index (χ0) is 21.5. The molecule has 0 N–H and O–H groups in total. The smallest absolute Gasteiger partial charge is 0.339 e. The molecule has 4 nitrogen and oxygen atoms in total. The number of piperidine rings is 1. The van der Waals surface area contributed by atoms with E-state index in [9.17, 15) is 18.0 Å². The minimum atomic E-state index is -4.52. The molecule has 0 unspecified atom stereocenters. The summed E-state index contributed by atoms with van der Waals surface area (Å²) >= 11 is 9.51. The molecule has 0 saturated carbocycles. The summed E-state index contributed by atoms with van der Waals surface area (Å²) in [5.41, 5.74) is 1.23. The number of nitrogens with zero attached hydrogens (tertiary/aromatic N) is 3. The molecule has 2 aromatic carbocycles. The molecule has 30 heavy (non-hydrogen) atoms. The number of halogens is 5. The van der Waals surface area contributed by atoms with Gasteiger partial charge in [-0.3, -0.25) is 4.79 Å². The fourth-order valence-electron chi connectivity index (χ4n) is 3.89. The molecule has 0 atom stereocenters. The van der Waals surface area contributed by atoms with Crippen molar-refractivity contribution in [3.8, 4) is 0 Å². The number of hydrogen-bond donors (Lipinski definition) is 0. The Hall–Kier alpha value is -2.06. The van der Waals surface area contributed by atoms with E-state index in [0.29, 0.717) is 47.6 Å². The first-order chi connectivity index (χ1) is 14.2. The highest BCUT2D eigenvalue weighted by atomic mass is 79.9. The van der Waals surface area contributed by atoms with Crippen LogP contribution in [-0.2, 0) is 12.7 Å². The number of aromatic nitrogens is 2. The van der Waals surface area contributed by atoms with Crippen LogP contribution in [0.1, 0.15) is 29.0 Å². The fourth-order valence-corrected chi connectivity index (χ4v) is 4.44. The van der Waals surface area contributed by atoms with E-state index >= 15 is 0 Å². The van der Waals surface area contributed by atoms with Crippen molar-refractivity contribution in [1.82, 2.24) is 14.5 Å². The lowest BCUT2D eigenvalue weighted by atomic mass is 9.96. The van der Waals surface area contributed by atoms with Crippen LogP contribution in [0.3, 0.4) is 0 Å². The number of carbonyl (C=O) groups is 1. The van der Waals surface area contributed by atoms with Gasteiger partial charge in [-0.05, 0) is 49.1 Å². The number of fused-ring (bicyclic) bond motifs is 1. The fraction of sp³-hybridized carbons (Fsp3) is 0.333. The molecule has 3 aromatic rings. The first-order valence-corrected chi connectivity index (χ1v) is 10.7. The molecule has 1 aliphatic heterocycles. The van der Waals surface area contributed by atoms with Crippen molar-refractivity contribution in [1.29, 1.82) is 0 Å². The molecule has 1 saturated heterocycles. The average molecular weight is 501 g/mol. The van der Waals surface area contributed by atoms with E-state index in [2.05, 4.69) is 20.9 Å². The quantitative estimate of drug-likeness (QED) is 0.441. The number of rotatable bonds is 3. The largest absolute Gasteiger partial charge is 0.449 e. The van der Waals surface area contributed by atoms with Crippen LogP contribution in [0.5, 0.6) is 0 Å². The van der Waals surface area contributed by atoms with Crippen molar-refractivity contribution in [2.45, 2.75) is 25.6 Å². The normalized spacial score (nSPS) is 15.7. The number of amides is 1. The van der Waals surface area contributed by atoms with Gasteiger partial charge in [-0.25, -0.2) is 4.98 Å². The van der Waals surface area contributed by atoms with Gasteiger partial charge in [-0.15, -0.1) is 0 Å². The number of likely N-dealkylation sites (tertiary alicyclic amines) is 1. The average Bonchev–Trinajstić information content (AvgIpc) is 3.09. The highest BCUT2D eigenvalue weighted by Gasteiger charge is 2.38. The first kappa shape index (κ1) is 21.2. The summed E-state index contributed by atoms with van der Waals surface area (Å²) in [4.78, 5) is 18.3. The third-order valence-electron chi connectivity index (χ3n) is 5.41. The van der Waals surface area contributed by atoms with Gasteiger partial charge in [0.05, 0.1) is 21.6 Å². The second-order valence-corrected chi connectivity index (χ2v) is 8.72. The van der Waals surface area contributed by atoms with Gasteiger partial charge in [-0.1, -0.05) is 39.7 Å². The van der Waals surface area contributed by atoms with Crippen molar-refractivity contribution >= 4 is 44.5 Å². The maximum absolute atomic E-state index is 13.5. The third kappa shape index (κ3) is 4.21. The molecule has 0 spiro atoms. The molecule has 1 aliphatic rings. The van der Waals surface area contributed by atoms with E-state index in [-0.39, 0.29) is 18.4 Å². The van der Waals surface area contributed by atoms with Gasteiger partial charge in [0.1, 0.15) is 0 Å². The minimum Gasteiger partial charge on any atom is -0.339 e. The predicted molar refractivity (Wildman–Crippen MR) is 113 cm³/mol. The summed E-state index contributed by atoms with van der Waals surface area (Å²) in [6.07, 6.45) is -3.30. The van der Waals surface area contributed by atoms with Gasteiger partial charge < -0.3 is 9.47 Å². The molecule has 0 bridgehead atoms.